The van der Waals surface area contributed by atoms with Gasteiger partial charge in [-0.05, 0) is 68.0 Å². The summed E-state index contributed by atoms with van der Waals surface area (Å²) >= 11 is 0. The molecular formula is C26H37FO6. The van der Waals surface area contributed by atoms with Crippen molar-refractivity contribution in [3.8, 4) is 5.75 Å². The van der Waals surface area contributed by atoms with Crippen LogP contribution in [0.3, 0.4) is 0 Å². The smallest absolute Gasteiger partial charge is 0.180 e. The average Bonchev–Trinajstić information content (AvgIpc) is 2.83. The van der Waals surface area contributed by atoms with Gasteiger partial charge in [-0.15, -0.1) is 0 Å². The van der Waals surface area contributed by atoms with E-state index in [0.29, 0.717) is 39.3 Å². The van der Waals surface area contributed by atoms with Crippen molar-refractivity contribution >= 4 is 0 Å². The van der Waals surface area contributed by atoms with E-state index in [4.69, 9.17) is 23.7 Å². The van der Waals surface area contributed by atoms with Gasteiger partial charge in [0.25, 0.3) is 0 Å². The number of rotatable bonds is 17. The number of methoxy groups -OCH3 is 1. The van der Waals surface area contributed by atoms with Gasteiger partial charge in [0.2, 0.25) is 0 Å². The molecule has 1 N–H and O–H groups in total. The molecule has 0 saturated carbocycles. The van der Waals surface area contributed by atoms with Crippen LogP contribution in [-0.2, 0) is 32.0 Å². The van der Waals surface area contributed by atoms with E-state index in [0.717, 1.165) is 16.9 Å². The van der Waals surface area contributed by atoms with E-state index in [-0.39, 0.29) is 24.9 Å². The van der Waals surface area contributed by atoms with Crippen molar-refractivity contribution < 1.29 is 33.2 Å². The van der Waals surface area contributed by atoms with Gasteiger partial charge in [0, 0.05) is 19.8 Å². The Morgan fingerprint density at radius 2 is 1.52 bits per heavy atom. The molecule has 2 aromatic carbocycles. The molecule has 0 bridgehead atoms. The van der Waals surface area contributed by atoms with Gasteiger partial charge in [-0.1, -0.05) is 24.3 Å². The highest BCUT2D eigenvalue weighted by Crippen LogP contribution is 2.21. The maximum absolute atomic E-state index is 13.3. The molecular weight excluding hydrogens is 427 g/mol. The number of hydrogen-bond donors (Lipinski definition) is 1. The Hall–Kier alpha value is -2.03. The van der Waals surface area contributed by atoms with E-state index in [1.807, 2.05) is 38.1 Å². The van der Waals surface area contributed by atoms with Gasteiger partial charge >= 0.3 is 0 Å². The lowest BCUT2D eigenvalue weighted by atomic mass is 9.91. The van der Waals surface area contributed by atoms with E-state index in [1.165, 1.54) is 12.1 Å². The van der Waals surface area contributed by atoms with E-state index >= 15 is 0 Å². The fourth-order valence-corrected chi connectivity index (χ4v) is 3.55. The molecule has 6 nitrogen and oxygen atoms in total. The van der Waals surface area contributed by atoms with Gasteiger partial charge in [-0.25, -0.2) is 4.39 Å². The number of benzene rings is 2. The Bertz CT molecular complexity index is 746. The molecule has 2 aromatic rings. The zero-order chi connectivity index (χ0) is 23.9. The molecule has 0 spiro atoms. The third kappa shape index (κ3) is 10.2. The van der Waals surface area contributed by atoms with Crippen LogP contribution in [0.5, 0.6) is 5.75 Å². The minimum atomic E-state index is -0.480. The predicted molar refractivity (Wildman–Crippen MR) is 125 cm³/mol. The summed E-state index contributed by atoms with van der Waals surface area (Å²) < 4.78 is 41.5. The number of halogens is 1. The highest BCUT2D eigenvalue weighted by molar-refractivity contribution is 5.26. The van der Waals surface area contributed by atoms with Crippen molar-refractivity contribution in [3.63, 3.8) is 0 Å². The maximum Gasteiger partial charge on any atom is 0.180 e. The summed E-state index contributed by atoms with van der Waals surface area (Å²) in [6, 6.07) is 14.2. The minimum Gasteiger partial charge on any atom is -0.497 e. The zero-order valence-electron chi connectivity index (χ0n) is 19.9. The topological polar surface area (TPSA) is 66.4 Å². The van der Waals surface area contributed by atoms with Crippen molar-refractivity contribution in [1.82, 2.24) is 0 Å². The number of aliphatic hydroxyl groups is 1. The molecule has 0 aliphatic carbocycles. The summed E-state index contributed by atoms with van der Waals surface area (Å²) in [5, 5.41) is 10.1. The number of hydrogen-bond acceptors (Lipinski definition) is 6. The van der Waals surface area contributed by atoms with E-state index in [2.05, 4.69) is 0 Å². The van der Waals surface area contributed by atoms with Crippen LogP contribution in [0.2, 0.25) is 0 Å². The zero-order valence-corrected chi connectivity index (χ0v) is 19.9. The molecule has 0 saturated heterocycles. The minimum absolute atomic E-state index is 0.0276. The fraction of sp³-hybridized carbons (Fsp3) is 0.538. The van der Waals surface area contributed by atoms with Crippen molar-refractivity contribution in [1.29, 1.82) is 0 Å². The Morgan fingerprint density at radius 3 is 2.09 bits per heavy atom. The lowest BCUT2D eigenvalue weighted by Crippen LogP contribution is -2.34. The fourth-order valence-electron chi connectivity index (χ4n) is 3.55. The van der Waals surface area contributed by atoms with Gasteiger partial charge in [0.05, 0.1) is 33.0 Å². The van der Waals surface area contributed by atoms with Crippen LogP contribution in [-0.4, -0.2) is 57.6 Å². The third-order valence-corrected chi connectivity index (χ3v) is 5.33. The molecule has 2 atom stereocenters. The van der Waals surface area contributed by atoms with Crippen molar-refractivity contribution in [2.24, 2.45) is 5.92 Å². The number of aliphatic hydroxyl groups excluding tert-OH is 1. The molecule has 7 heteroatoms. The van der Waals surface area contributed by atoms with Crippen LogP contribution in [0, 0.1) is 11.7 Å². The van der Waals surface area contributed by atoms with E-state index < -0.39 is 12.4 Å². The monoisotopic (exact) mass is 464 g/mol. The van der Waals surface area contributed by atoms with E-state index in [9.17, 15) is 9.50 Å². The Morgan fingerprint density at radius 1 is 0.879 bits per heavy atom. The number of ether oxygens (including phenoxy) is 5. The Balaban J connectivity index is 1.96. The predicted octanol–water partition coefficient (Wildman–Crippen LogP) is 4.38. The molecule has 0 aliphatic heterocycles. The summed E-state index contributed by atoms with van der Waals surface area (Å²) in [4.78, 5) is 0. The Kier molecular flexibility index (Phi) is 13.0. The summed E-state index contributed by atoms with van der Waals surface area (Å²) in [6.45, 7) is 5.87. The molecule has 33 heavy (non-hydrogen) atoms. The van der Waals surface area contributed by atoms with Gasteiger partial charge in [-0.3, -0.25) is 0 Å². The molecule has 0 aliphatic rings. The molecule has 2 rings (SSSR count). The summed E-state index contributed by atoms with van der Waals surface area (Å²) in [5.74, 6) is 0.503. The lowest BCUT2D eigenvalue weighted by Gasteiger charge is -2.28. The van der Waals surface area contributed by atoms with Crippen LogP contribution in [0.25, 0.3) is 0 Å². The second-order valence-electron chi connectivity index (χ2n) is 7.67. The van der Waals surface area contributed by atoms with Crippen LogP contribution in [0.15, 0.2) is 48.5 Å². The Labute approximate surface area is 196 Å². The molecule has 0 amide bonds. The van der Waals surface area contributed by atoms with Crippen molar-refractivity contribution in [2.75, 3.05) is 40.1 Å². The molecule has 0 unspecified atom stereocenters. The highest BCUT2D eigenvalue weighted by Gasteiger charge is 2.24. The third-order valence-electron chi connectivity index (χ3n) is 5.33. The first-order valence-corrected chi connectivity index (χ1v) is 11.5. The van der Waals surface area contributed by atoms with Gasteiger partial charge in [0.15, 0.2) is 6.29 Å². The quantitative estimate of drug-likeness (QED) is 0.277. The van der Waals surface area contributed by atoms with Crippen molar-refractivity contribution in [2.45, 2.75) is 45.7 Å². The van der Waals surface area contributed by atoms with Gasteiger partial charge < -0.3 is 28.8 Å². The van der Waals surface area contributed by atoms with E-state index in [1.54, 1.807) is 19.2 Å². The summed E-state index contributed by atoms with van der Waals surface area (Å²) in [7, 11) is 1.64. The van der Waals surface area contributed by atoms with Crippen LogP contribution >= 0.6 is 0 Å². The van der Waals surface area contributed by atoms with Crippen LogP contribution in [0.1, 0.15) is 31.4 Å². The second-order valence-corrected chi connectivity index (χ2v) is 7.67. The normalized spacial score (nSPS) is 13.3. The molecule has 0 fully saturated rings. The first kappa shape index (κ1) is 27.2. The first-order chi connectivity index (χ1) is 16.1. The first-order valence-electron chi connectivity index (χ1n) is 11.5. The SMILES string of the molecule is CCOC(CO[C@H](CO)[C@H](CCOCc1ccc(OC)cc1)Cc1ccc(F)cc1)OCC. The second kappa shape index (κ2) is 15.7. The molecule has 0 radical (unpaired) electrons. The maximum atomic E-state index is 13.3. The van der Waals surface area contributed by atoms with Crippen LogP contribution < -0.4 is 4.74 Å². The van der Waals surface area contributed by atoms with Crippen LogP contribution in [0.4, 0.5) is 4.39 Å². The summed E-state index contributed by atoms with van der Waals surface area (Å²) in [5.41, 5.74) is 2.03. The van der Waals surface area contributed by atoms with Gasteiger partial charge in [-0.2, -0.15) is 0 Å². The lowest BCUT2D eigenvalue weighted by molar-refractivity contribution is -0.184. The molecule has 184 valence electrons. The van der Waals surface area contributed by atoms with Gasteiger partial charge in [0.1, 0.15) is 11.6 Å². The largest absolute Gasteiger partial charge is 0.497 e. The molecule has 0 heterocycles. The van der Waals surface area contributed by atoms with Crippen molar-refractivity contribution in [3.05, 3.63) is 65.5 Å². The average molecular weight is 465 g/mol. The summed E-state index contributed by atoms with van der Waals surface area (Å²) in [6.07, 6.45) is 0.396. The standard InChI is InChI=1S/C26H37FO6/c1-4-31-26(32-5-2)19-33-25(17-28)22(16-20-6-10-23(27)11-7-20)14-15-30-18-21-8-12-24(29-3)13-9-21/h6-13,22,25-26,28H,4-5,14-19H2,1-3H3/t22-,25-/m1/s1. The highest BCUT2D eigenvalue weighted by atomic mass is 19.1. The molecule has 0 aromatic heterocycles.